The smallest absolute Gasteiger partial charge is 0.321 e. The van der Waals surface area contributed by atoms with Crippen LogP contribution in [0.5, 0.6) is 0 Å². The van der Waals surface area contributed by atoms with Gasteiger partial charge in [-0.05, 0) is 33.0 Å². The Hall–Kier alpha value is -3.08. The van der Waals surface area contributed by atoms with E-state index < -0.39 is 5.54 Å². The topological polar surface area (TPSA) is 114 Å². The fraction of sp³-hybridized carbons (Fsp3) is 0.545. The summed E-state index contributed by atoms with van der Waals surface area (Å²) < 4.78 is 0. The molecule has 0 bridgehead atoms. The Morgan fingerprint density at radius 2 is 2.15 bits per heavy atom. The number of H-pyrrole nitrogens is 1. The van der Waals surface area contributed by atoms with Crippen LogP contribution in [0.15, 0.2) is 28.6 Å². The molecule has 3 amide bonds. The minimum Gasteiger partial charge on any atom is -0.371 e. The van der Waals surface area contributed by atoms with Gasteiger partial charge >= 0.3 is 11.9 Å². The Bertz CT molecular complexity index is 1100. The molecule has 10 nitrogen and oxygen atoms in total. The Labute approximate surface area is 194 Å². The molecule has 0 saturated carbocycles. The highest BCUT2D eigenvalue weighted by atomic mass is 16.2. The maximum absolute atomic E-state index is 13.7. The Morgan fingerprint density at radius 1 is 1.36 bits per heavy atom. The summed E-state index contributed by atoms with van der Waals surface area (Å²) in [6.07, 6.45) is 4.96. The zero-order valence-corrected chi connectivity index (χ0v) is 19.6. The highest BCUT2D eigenvalue weighted by Crippen LogP contribution is 2.41. The molecule has 4 aliphatic rings. The molecule has 1 unspecified atom stereocenters. The molecular weight excluding hydrogens is 419 g/mol. The van der Waals surface area contributed by atoms with Gasteiger partial charge in [0.1, 0.15) is 0 Å². The molecule has 33 heavy (non-hydrogen) atoms. The average molecular weight is 449 g/mol. The van der Waals surface area contributed by atoms with Crippen LogP contribution in [0.1, 0.15) is 45.4 Å². The summed E-state index contributed by atoms with van der Waals surface area (Å²) in [6, 6.07) is 0.132. The van der Waals surface area contributed by atoms with Crippen molar-refractivity contribution in [2.45, 2.75) is 58.1 Å². The van der Waals surface area contributed by atoms with Crippen LogP contribution < -0.4 is 10.7 Å². The highest BCUT2D eigenvalue weighted by Gasteiger charge is 2.47. The number of allylic oxidation sites excluding steroid dienone is 1. The molecule has 2 atom stereocenters. The van der Waals surface area contributed by atoms with Gasteiger partial charge in [-0.2, -0.15) is 10.5 Å². The highest BCUT2D eigenvalue weighted by molar-refractivity contribution is 6.28. The number of nitrogens with zero attached hydrogens (tertiary/aromatic N) is 5. The second-order valence-corrected chi connectivity index (χ2v) is 9.79. The number of amides is 3. The molecule has 2 radical (unpaired) electrons. The zero-order valence-electron chi connectivity index (χ0n) is 19.6. The number of nitrogens with two attached hydrogens (primary N) is 1. The van der Waals surface area contributed by atoms with Crippen molar-refractivity contribution in [2.24, 2.45) is 5.10 Å². The van der Waals surface area contributed by atoms with Crippen LogP contribution in [-0.2, 0) is 16.9 Å². The Balaban J connectivity index is 1.33. The Kier molecular flexibility index (Phi) is 5.11. The van der Waals surface area contributed by atoms with E-state index in [4.69, 9.17) is 7.85 Å². The largest absolute Gasteiger partial charge is 0.371 e. The van der Waals surface area contributed by atoms with Crippen molar-refractivity contribution in [1.29, 1.82) is 0 Å². The van der Waals surface area contributed by atoms with Gasteiger partial charge in [0.15, 0.2) is 5.82 Å². The second kappa shape index (κ2) is 7.76. The van der Waals surface area contributed by atoms with E-state index in [1.54, 1.807) is 6.08 Å². The maximum Gasteiger partial charge on any atom is 0.321 e. The summed E-state index contributed by atoms with van der Waals surface area (Å²) in [7, 11) is 5.85. The van der Waals surface area contributed by atoms with Crippen molar-refractivity contribution in [3.05, 3.63) is 34.8 Å². The summed E-state index contributed by atoms with van der Waals surface area (Å²) in [5.41, 5.74) is 4.94. The van der Waals surface area contributed by atoms with E-state index in [0.29, 0.717) is 30.3 Å². The van der Waals surface area contributed by atoms with E-state index in [0.717, 1.165) is 30.8 Å². The first-order valence-corrected chi connectivity index (χ1v) is 11.5. The normalized spacial score (nSPS) is 24.2. The number of fused-ring (bicyclic) bond motifs is 2. The number of aromatic nitrogens is 2. The van der Waals surface area contributed by atoms with Crippen molar-refractivity contribution in [3.63, 3.8) is 0 Å². The monoisotopic (exact) mass is 449 g/mol. The molecule has 1 aromatic rings. The van der Waals surface area contributed by atoms with E-state index in [-0.39, 0.29) is 23.8 Å². The minimum absolute atomic E-state index is 0.00337. The molecule has 5 rings (SSSR count). The average Bonchev–Trinajstić information content (AvgIpc) is 3.52. The van der Waals surface area contributed by atoms with Crippen molar-refractivity contribution in [1.82, 2.24) is 24.9 Å². The number of rotatable bonds is 3. The van der Waals surface area contributed by atoms with Gasteiger partial charge in [-0.15, -0.1) is 0 Å². The van der Waals surface area contributed by atoms with Gasteiger partial charge in [0.25, 0.3) is 0 Å². The van der Waals surface area contributed by atoms with Crippen LogP contribution in [0, 0.1) is 0 Å². The number of hydrogen-bond donors (Lipinski definition) is 3. The van der Waals surface area contributed by atoms with Crippen molar-refractivity contribution < 1.29 is 15.0 Å². The summed E-state index contributed by atoms with van der Waals surface area (Å²) >= 11 is 0. The van der Waals surface area contributed by atoms with Crippen molar-refractivity contribution >= 4 is 31.3 Å². The van der Waals surface area contributed by atoms with Crippen LogP contribution in [-0.4, -0.2) is 76.1 Å². The van der Waals surface area contributed by atoms with E-state index in [1.807, 2.05) is 30.6 Å². The van der Waals surface area contributed by atoms with Gasteiger partial charge in [0.2, 0.25) is 5.70 Å². The molecular formula is C22H30BN8O2+. The van der Waals surface area contributed by atoms with Crippen LogP contribution in [0.4, 0.5) is 10.6 Å². The molecule has 0 spiro atoms. The number of nitrogens with one attached hydrogen (secondary N) is 2. The third-order valence-electron chi connectivity index (χ3n) is 7.10. The van der Waals surface area contributed by atoms with Crippen molar-refractivity contribution in [3.8, 4) is 0 Å². The van der Waals surface area contributed by atoms with E-state index in [9.17, 15) is 9.59 Å². The predicted molar refractivity (Wildman–Crippen MR) is 124 cm³/mol. The molecule has 172 valence electrons. The number of urea groups is 1. The zero-order chi connectivity index (χ0) is 23.5. The lowest BCUT2D eigenvalue weighted by Crippen LogP contribution is -2.76. The van der Waals surface area contributed by atoms with E-state index in [1.165, 1.54) is 11.1 Å². The van der Waals surface area contributed by atoms with Gasteiger partial charge < -0.3 is 20.0 Å². The van der Waals surface area contributed by atoms with Crippen LogP contribution in [0.2, 0.25) is 5.82 Å². The minimum atomic E-state index is -0.576. The SMILES string of the molecule is [B]C(C)C1=N[NH2+]C(C(=O)Nc2n[nH]c3c2CN(C(=O)N2CC4=CCCN4C[C@@H]2C)C3(C)C)=C1. The molecule has 4 N–H and O–H groups in total. The third-order valence-corrected chi connectivity index (χ3v) is 7.10. The number of aromatic amines is 1. The predicted octanol–water partition coefficient (Wildman–Crippen LogP) is 0.606. The molecule has 0 aliphatic carbocycles. The maximum atomic E-state index is 13.7. The van der Waals surface area contributed by atoms with Gasteiger partial charge in [-0.25, -0.2) is 4.79 Å². The number of piperazine rings is 1. The van der Waals surface area contributed by atoms with Crippen LogP contribution in [0.3, 0.4) is 0 Å². The van der Waals surface area contributed by atoms with Crippen molar-refractivity contribution in [2.75, 3.05) is 25.0 Å². The molecule has 4 aliphatic heterocycles. The first-order valence-electron chi connectivity index (χ1n) is 11.5. The van der Waals surface area contributed by atoms with Gasteiger partial charge in [0, 0.05) is 36.5 Å². The standard InChI is InChI=1S/C22H29BN8O2/c1-12-9-29-7-5-6-14(29)10-30(12)21(33)31-11-15-18(22(31,3)4)27-28-19(15)24-20(32)17-8-16(13(2)23)25-26-17/h6,8,12-13H,5,7,9-11H2,1-4H3,(H,25,26)(H2,24,27,28,32)/p+1/t12-,13?/m0/s1. The summed E-state index contributed by atoms with van der Waals surface area (Å²) in [6.45, 7) is 10.9. The first-order chi connectivity index (χ1) is 15.7. The molecule has 5 heterocycles. The lowest BCUT2D eigenvalue weighted by atomic mass is 9.85. The Morgan fingerprint density at radius 3 is 2.88 bits per heavy atom. The number of hydrogen-bond acceptors (Lipinski definition) is 5. The molecule has 0 aromatic carbocycles. The lowest BCUT2D eigenvalue weighted by Gasteiger charge is -2.44. The molecule has 1 aromatic heterocycles. The number of anilines is 1. The number of carbonyl (C=O) groups excluding carboxylic acids is 2. The van der Waals surface area contributed by atoms with E-state index in [2.05, 4.69) is 38.5 Å². The molecule has 1 fully saturated rings. The summed E-state index contributed by atoms with van der Waals surface area (Å²) in [5.74, 6) is -0.103. The second-order valence-electron chi connectivity index (χ2n) is 9.79. The molecule has 1 saturated heterocycles. The third kappa shape index (κ3) is 3.54. The van der Waals surface area contributed by atoms with Gasteiger partial charge in [0.05, 0.1) is 37.9 Å². The number of carbonyl (C=O) groups is 2. The van der Waals surface area contributed by atoms with Gasteiger partial charge in [-0.3, -0.25) is 9.89 Å². The fourth-order valence-corrected chi connectivity index (χ4v) is 5.05. The first kappa shape index (κ1) is 21.8. The molecule has 11 heteroatoms. The van der Waals surface area contributed by atoms with Crippen LogP contribution in [0.25, 0.3) is 0 Å². The quantitative estimate of drug-likeness (QED) is 0.464. The number of quaternary nitrogens is 1. The van der Waals surface area contributed by atoms with Crippen LogP contribution >= 0.6 is 0 Å². The summed E-state index contributed by atoms with van der Waals surface area (Å²) in [5, 5.41) is 14.5. The lowest BCUT2D eigenvalue weighted by molar-refractivity contribution is -0.602. The fourth-order valence-electron chi connectivity index (χ4n) is 5.05. The van der Waals surface area contributed by atoms with Gasteiger partial charge in [-0.1, -0.05) is 18.1 Å². The van der Waals surface area contributed by atoms with E-state index >= 15 is 0 Å². The summed E-state index contributed by atoms with van der Waals surface area (Å²) in [4.78, 5) is 32.6.